The Balaban J connectivity index is 1.88. The highest BCUT2D eigenvalue weighted by atomic mass is 35.5. The second-order valence-electron chi connectivity index (χ2n) is 5.84. The van der Waals surface area contributed by atoms with Crippen molar-refractivity contribution in [3.63, 3.8) is 0 Å². The molecule has 0 saturated carbocycles. The zero-order valence-electron chi connectivity index (χ0n) is 16.6. The Morgan fingerprint density at radius 3 is 2.55 bits per heavy atom. The fourth-order valence-electron chi connectivity index (χ4n) is 2.38. The molecule has 158 valence electrons. The Morgan fingerprint density at radius 1 is 1.19 bits per heavy atom. The van der Waals surface area contributed by atoms with E-state index in [0.29, 0.717) is 16.7 Å². The maximum absolute atomic E-state index is 13.8. The lowest BCUT2D eigenvalue weighted by Crippen LogP contribution is -2.07. The van der Waals surface area contributed by atoms with Gasteiger partial charge in [0, 0.05) is 10.5 Å². The van der Waals surface area contributed by atoms with Gasteiger partial charge >= 0.3 is 5.97 Å². The molecule has 0 fully saturated rings. The van der Waals surface area contributed by atoms with Crippen LogP contribution in [0.15, 0.2) is 51.6 Å². The van der Waals surface area contributed by atoms with Crippen molar-refractivity contribution in [2.24, 2.45) is 5.16 Å². The molecular formula is C21H15ClFN3O4S. The minimum atomic E-state index is -0.825. The lowest BCUT2D eigenvalue weighted by atomic mass is 10.1. The van der Waals surface area contributed by atoms with Gasteiger partial charge in [0.05, 0.1) is 36.6 Å². The first-order valence-electron chi connectivity index (χ1n) is 8.70. The molecule has 0 aliphatic carbocycles. The molecule has 0 atom stereocenters. The van der Waals surface area contributed by atoms with E-state index in [1.54, 1.807) is 12.1 Å². The Bertz CT molecular complexity index is 1120. The molecule has 1 aromatic heterocycles. The van der Waals surface area contributed by atoms with E-state index < -0.39 is 11.8 Å². The summed E-state index contributed by atoms with van der Waals surface area (Å²) < 4.78 is 24.1. The molecule has 31 heavy (non-hydrogen) atoms. The molecule has 0 spiro atoms. The number of methoxy groups -OCH3 is 2. The van der Waals surface area contributed by atoms with E-state index in [2.05, 4.69) is 27.3 Å². The van der Waals surface area contributed by atoms with Crippen LogP contribution in [0.25, 0.3) is 0 Å². The topological polar surface area (TPSA) is 82.9 Å². The van der Waals surface area contributed by atoms with Crippen LogP contribution in [0, 0.1) is 17.9 Å². The summed E-state index contributed by atoms with van der Waals surface area (Å²) in [4.78, 5) is 26.6. The van der Waals surface area contributed by atoms with E-state index in [9.17, 15) is 9.18 Å². The van der Waals surface area contributed by atoms with Gasteiger partial charge in [0.2, 0.25) is 11.8 Å². The van der Waals surface area contributed by atoms with Gasteiger partial charge in [0.15, 0.2) is 11.0 Å². The number of hydrogen-bond donors (Lipinski definition) is 0. The number of carbonyl (C=O) groups is 1. The number of ether oxygens (including phenoxy) is 2. The number of rotatable bonds is 7. The minimum Gasteiger partial charge on any atom is -0.481 e. The second-order valence-corrected chi connectivity index (χ2v) is 7.25. The molecule has 3 aromatic rings. The highest BCUT2D eigenvalue weighted by Crippen LogP contribution is 2.34. The monoisotopic (exact) mass is 459 g/mol. The maximum Gasteiger partial charge on any atom is 0.368 e. The average Bonchev–Trinajstić information content (AvgIpc) is 2.77. The molecule has 0 aliphatic heterocycles. The highest BCUT2D eigenvalue weighted by molar-refractivity contribution is 7.99. The third kappa shape index (κ3) is 5.42. The number of carbonyl (C=O) groups excluding carboxylic acids is 1. The molecule has 10 heteroatoms. The van der Waals surface area contributed by atoms with Crippen molar-refractivity contribution < 1.29 is 23.5 Å². The van der Waals surface area contributed by atoms with Gasteiger partial charge < -0.3 is 14.3 Å². The molecule has 0 unspecified atom stereocenters. The summed E-state index contributed by atoms with van der Waals surface area (Å²) in [5.74, 6) is -0.897. The SMILES string of the molecule is COc1cc(OC)nc(Sc2cccc(Cl)c2C(=O)O/N=C(\C)c2ccc#cc2F)n1. The lowest BCUT2D eigenvalue weighted by molar-refractivity contribution is 0.0512. The van der Waals surface area contributed by atoms with Crippen LogP contribution in [0.5, 0.6) is 11.8 Å². The molecule has 1 heterocycles. The van der Waals surface area contributed by atoms with E-state index in [1.807, 2.05) is 0 Å². The fourth-order valence-corrected chi connectivity index (χ4v) is 3.60. The Hall–Kier alpha value is -3.35. The van der Waals surface area contributed by atoms with Gasteiger partial charge in [0.25, 0.3) is 0 Å². The number of hydrogen-bond acceptors (Lipinski definition) is 8. The Morgan fingerprint density at radius 2 is 1.90 bits per heavy atom. The molecule has 7 nitrogen and oxygen atoms in total. The zero-order valence-corrected chi connectivity index (χ0v) is 18.2. The molecule has 2 aromatic carbocycles. The normalized spacial score (nSPS) is 10.9. The van der Waals surface area contributed by atoms with Crippen LogP contribution in [0.2, 0.25) is 5.02 Å². The van der Waals surface area contributed by atoms with Crippen molar-refractivity contribution in [3.05, 3.63) is 70.5 Å². The molecule has 0 saturated heterocycles. The molecule has 0 amide bonds. The van der Waals surface area contributed by atoms with Crippen LogP contribution < -0.4 is 9.47 Å². The van der Waals surface area contributed by atoms with E-state index in [4.69, 9.17) is 25.9 Å². The molecule has 0 N–H and O–H groups in total. The van der Waals surface area contributed by atoms with E-state index in [1.165, 1.54) is 45.4 Å². The molecule has 0 bridgehead atoms. The van der Waals surface area contributed by atoms with Crippen molar-refractivity contribution in [1.82, 2.24) is 9.97 Å². The van der Waals surface area contributed by atoms with Gasteiger partial charge in [-0.25, -0.2) is 4.79 Å². The van der Waals surface area contributed by atoms with Gasteiger partial charge in [-0.15, -0.1) is 0 Å². The summed E-state index contributed by atoms with van der Waals surface area (Å²) in [7, 11) is 2.92. The predicted octanol–water partition coefficient (Wildman–Crippen LogP) is 4.62. The second kappa shape index (κ2) is 10.1. The van der Waals surface area contributed by atoms with Crippen LogP contribution in [-0.4, -0.2) is 35.9 Å². The fraction of sp³-hybridized carbons (Fsp3) is 0.143. The van der Waals surface area contributed by atoms with Crippen molar-refractivity contribution in [2.45, 2.75) is 17.0 Å². The summed E-state index contributed by atoms with van der Waals surface area (Å²) in [5.41, 5.74) is 0.347. The molecule has 0 aliphatic rings. The summed E-state index contributed by atoms with van der Waals surface area (Å²) in [6, 6.07) is 14.1. The standard InChI is InChI=1S/C21H15ClFN3O4S/c1-12(13-7-4-5-9-15(13)23)26-30-20(27)19-14(22)8-6-10-16(19)31-21-24-17(28-2)11-18(25-21)29-3/h4,6-8,10-11H,1-3H3/b26-12+. The Kier molecular flexibility index (Phi) is 7.28. The van der Waals surface area contributed by atoms with Crippen molar-refractivity contribution >= 4 is 35.0 Å². The summed E-state index contributed by atoms with van der Waals surface area (Å²) in [5, 5.41) is 4.14. The van der Waals surface area contributed by atoms with Crippen LogP contribution >= 0.6 is 23.4 Å². The molecule has 3 rings (SSSR count). The van der Waals surface area contributed by atoms with E-state index in [-0.39, 0.29) is 27.0 Å². The smallest absolute Gasteiger partial charge is 0.368 e. The average molecular weight is 460 g/mol. The first-order chi connectivity index (χ1) is 14.9. The quantitative estimate of drug-likeness (QED) is 0.220. The van der Waals surface area contributed by atoms with Crippen LogP contribution in [-0.2, 0) is 4.84 Å². The van der Waals surface area contributed by atoms with Crippen molar-refractivity contribution in [2.75, 3.05) is 14.2 Å². The third-order valence-electron chi connectivity index (χ3n) is 3.86. The lowest BCUT2D eigenvalue weighted by Gasteiger charge is -2.10. The summed E-state index contributed by atoms with van der Waals surface area (Å²) >= 11 is 7.31. The number of halogens is 2. The van der Waals surface area contributed by atoms with Gasteiger partial charge in [-0.05, 0) is 49.0 Å². The van der Waals surface area contributed by atoms with Crippen molar-refractivity contribution in [1.29, 1.82) is 0 Å². The largest absolute Gasteiger partial charge is 0.481 e. The predicted molar refractivity (Wildman–Crippen MR) is 112 cm³/mol. The summed E-state index contributed by atoms with van der Waals surface area (Å²) in [6.07, 6.45) is 0. The molecule has 0 radical (unpaired) electrons. The van der Waals surface area contributed by atoms with Gasteiger partial charge in [-0.2, -0.15) is 14.4 Å². The van der Waals surface area contributed by atoms with Gasteiger partial charge in [0.1, 0.15) is 0 Å². The number of benzene rings is 1. The van der Waals surface area contributed by atoms with Gasteiger partial charge in [-0.1, -0.05) is 28.9 Å². The summed E-state index contributed by atoms with van der Waals surface area (Å²) in [6.45, 7) is 1.50. The minimum absolute atomic E-state index is 0.0598. The zero-order chi connectivity index (χ0) is 22.4. The molecular weight excluding hydrogens is 445 g/mol. The maximum atomic E-state index is 13.8. The first-order valence-corrected chi connectivity index (χ1v) is 9.90. The van der Waals surface area contributed by atoms with E-state index >= 15 is 0 Å². The van der Waals surface area contributed by atoms with Gasteiger partial charge in [-0.3, -0.25) is 0 Å². The number of oxime groups is 1. The van der Waals surface area contributed by atoms with E-state index in [0.717, 1.165) is 11.8 Å². The van der Waals surface area contributed by atoms with Crippen LogP contribution in [0.1, 0.15) is 22.8 Å². The van der Waals surface area contributed by atoms with Crippen LogP contribution in [0.3, 0.4) is 0 Å². The number of aromatic nitrogens is 2. The Labute approximate surface area is 187 Å². The van der Waals surface area contributed by atoms with Crippen molar-refractivity contribution in [3.8, 4) is 11.8 Å². The number of nitrogens with zero attached hydrogens (tertiary/aromatic N) is 3. The third-order valence-corrected chi connectivity index (χ3v) is 5.10. The van der Waals surface area contributed by atoms with Crippen LogP contribution in [0.4, 0.5) is 4.39 Å². The first kappa shape index (κ1) is 22.3. The highest BCUT2D eigenvalue weighted by Gasteiger charge is 2.20.